The van der Waals surface area contributed by atoms with Gasteiger partial charge in [0.05, 0.1) is 22.8 Å². The van der Waals surface area contributed by atoms with Crippen LogP contribution in [-0.2, 0) is 11.2 Å². The summed E-state index contributed by atoms with van der Waals surface area (Å²) in [5.41, 5.74) is 3.46. The van der Waals surface area contributed by atoms with E-state index in [1.165, 1.54) is 11.3 Å². The minimum absolute atomic E-state index is 0.451. The lowest BCUT2D eigenvalue weighted by Gasteiger charge is -2.04. The Bertz CT molecular complexity index is 627. The van der Waals surface area contributed by atoms with E-state index in [-0.39, 0.29) is 0 Å². The molecule has 0 saturated carbocycles. The molecule has 0 spiro atoms. The van der Waals surface area contributed by atoms with E-state index >= 15 is 0 Å². The van der Waals surface area contributed by atoms with Crippen LogP contribution in [-0.4, -0.2) is 26.3 Å². The fraction of sp³-hybridized carbons (Fsp3) is 0.417. The summed E-state index contributed by atoms with van der Waals surface area (Å²) in [6, 6.07) is 0. The molecule has 0 aliphatic heterocycles. The summed E-state index contributed by atoms with van der Waals surface area (Å²) in [6.45, 7) is 3.84. The van der Waals surface area contributed by atoms with Gasteiger partial charge in [-0.15, -0.1) is 11.3 Å². The zero-order chi connectivity index (χ0) is 13.6. The zero-order valence-electron chi connectivity index (χ0n) is 10.6. The minimum Gasteiger partial charge on any atom is -0.481 e. The number of nitrogens with zero attached hydrogens (tertiary/aromatic N) is 2. The number of aliphatic carboxylic acids is 1. The number of aromatic amines is 1. The second-order valence-electron chi connectivity index (χ2n) is 4.69. The summed E-state index contributed by atoms with van der Waals surface area (Å²) in [5.74, 6) is -1.24. The summed E-state index contributed by atoms with van der Waals surface area (Å²) in [5, 5.41) is 20.1. The molecule has 0 amide bonds. The van der Waals surface area contributed by atoms with Gasteiger partial charge in [-0.05, 0) is 26.7 Å². The van der Waals surface area contributed by atoms with E-state index in [1.807, 2.05) is 13.8 Å². The first-order valence-electron chi connectivity index (χ1n) is 6.07. The van der Waals surface area contributed by atoms with Crippen molar-refractivity contribution < 1.29 is 9.90 Å². The molecule has 0 bridgehead atoms. The molecule has 6 nitrogen and oxygen atoms in total. The number of carboxylic acid groups (broad SMARTS) is 1. The maximum Gasteiger partial charge on any atom is 0.312 e. The molecule has 2 aromatic rings. The Morgan fingerprint density at radius 2 is 2.32 bits per heavy atom. The van der Waals surface area contributed by atoms with Crippen LogP contribution in [0.4, 0.5) is 10.8 Å². The third kappa shape index (κ3) is 1.99. The molecule has 2 heterocycles. The molecule has 0 saturated heterocycles. The van der Waals surface area contributed by atoms with E-state index < -0.39 is 11.9 Å². The van der Waals surface area contributed by atoms with Crippen molar-refractivity contribution in [2.24, 2.45) is 0 Å². The molecule has 1 aliphatic rings. The third-order valence-electron chi connectivity index (χ3n) is 3.38. The van der Waals surface area contributed by atoms with E-state index in [1.54, 1.807) is 0 Å². The van der Waals surface area contributed by atoms with Crippen molar-refractivity contribution in [1.29, 1.82) is 0 Å². The second kappa shape index (κ2) is 4.34. The lowest BCUT2D eigenvalue weighted by atomic mass is 10.1. The smallest absolute Gasteiger partial charge is 0.312 e. The van der Waals surface area contributed by atoms with Crippen molar-refractivity contribution >= 4 is 28.1 Å². The molecule has 0 aromatic carbocycles. The lowest BCUT2D eigenvalue weighted by Crippen LogP contribution is -2.08. The number of hydrogen-bond acceptors (Lipinski definition) is 5. The number of carboxylic acids is 1. The standard InChI is InChI=1S/C12H14N4O2S/c1-5-9(6(2)16-15-5)13-12-14-10-7(11(17)18)3-4-8(10)19-12/h7H,3-4H2,1-2H3,(H,13,14)(H,15,16)(H,17,18). The molecule has 3 N–H and O–H groups in total. The highest BCUT2D eigenvalue weighted by Crippen LogP contribution is 2.39. The van der Waals surface area contributed by atoms with E-state index in [2.05, 4.69) is 20.5 Å². The van der Waals surface area contributed by atoms with Gasteiger partial charge in [0, 0.05) is 4.88 Å². The Kier molecular flexibility index (Phi) is 2.78. The molecule has 19 heavy (non-hydrogen) atoms. The first-order valence-corrected chi connectivity index (χ1v) is 6.89. The minimum atomic E-state index is -0.786. The average Bonchev–Trinajstić information content (AvgIpc) is 2.98. The first kappa shape index (κ1) is 12.2. The predicted molar refractivity (Wildman–Crippen MR) is 72.2 cm³/mol. The Morgan fingerprint density at radius 3 is 2.95 bits per heavy atom. The van der Waals surface area contributed by atoms with Crippen molar-refractivity contribution in [3.8, 4) is 0 Å². The van der Waals surface area contributed by atoms with E-state index in [0.29, 0.717) is 6.42 Å². The lowest BCUT2D eigenvalue weighted by molar-refractivity contribution is -0.138. The third-order valence-corrected chi connectivity index (χ3v) is 4.42. The van der Waals surface area contributed by atoms with Crippen LogP contribution in [0.15, 0.2) is 0 Å². The van der Waals surface area contributed by atoms with Crippen molar-refractivity contribution in [2.75, 3.05) is 5.32 Å². The number of H-pyrrole nitrogens is 1. The van der Waals surface area contributed by atoms with Gasteiger partial charge in [0.2, 0.25) is 0 Å². The summed E-state index contributed by atoms with van der Waals surface area (Å²) in [4.78, 5) is 16.6. The van der Waals surface area contributed by atoms with Crippen LogP contribution in [0.25, 0.3) is 0 Å². The Morgan fingerprint density at radius 1 is 1.53 bits per heavy atom. The SMILES string of the molecule is Cc1n[nH]c(C)c1Nc1nc2c(s1)CCC2C(=O)O. The molecule has 7 heteroatoms. The highest BCUT2D eigenvalue weighted by atomic mass is 32.1. The van der Waals surface area contributed by atoms with E-state index in [0.717, 1.165) is 39.2 Å². The summed E-state index contributed by atoms with van der Waals surface area (Å²) >= 11 is 1.53. The topological polar surface area (TPSA) is 90.9 Å². The monoisotopic (exact) mass is 278 g/mol. The number of carbonyl (C=O) groups is 1. The van der Waals surface area contributed by atoms with Gasteiger partial charge < -0.3 is 10.4 Å². The number of hydrogen-bond donors (Lipinski definition) is 3. The number of anilines is 2. The molecule has 1 aliphatic carbocycles. The Balaban J connectivity index is 1.89. The largest absolute Gasteiger partial charge is 0.481 e. The van der Waals surface area contributed by atoms with Crippen LogP contribution in [0.5, 0.6) is 0 Å². The Hall–Kier alpha value is -1.89. The van der Waals surface area contributed by atoms with Crippen LogP contribution in [0.3, 0.4) is 0 Å². The molecule has 1 unspecified atom stereocenters. The van der Waals surface area contributed by atoms with Gasteiger partial charge in [-0.2, -0.15) is 5.10 Å². The van der Waals surface area contributed by atoms with Gasteiger partial charge in [0.15, 0.2) is 5.13 Å². The van der Waals surface area contributed by atoms with Crippen LogP contribution >= 0.6 is 11.3 Å². The number of aromatic nitrogens is 3. The van der Waals surface area contributed by atoms with Crippen LogP contribution in [0.1, 0.15) is 34.3 Å². The van der Waals surface area contributed by atoms with Gasteiger partial charge in [-0.3, -0.25) is 9.89 Å². The van der Waals surface area contributed by atoms with Gasteiger partial charge in [0.1, 0.15) is 5.92 Å². The molecule has 0 radical (unpaired) electrons. The van der Waals surface area contributed by atoms with Crippen molar-refractivity contribution in [3.63, 3.8) is 0 Å². The van der Waals surface area contributed by atoms with Crippen LogP contribution in [0, 0.1) is 13.8 Å². The molecule has 2 aromatic heterocycles. The van der Waals surface area contributed by atoms with E-state index in [4.69, 9.17) is 5.11 Å². The first-order chi connectivity index (χ1) is 9.06. The number of nitrogens with one attached hydrogen (secondary N) is 2. The number of fused-ring (bicyclic) bond motifs is 1. The highest BCUT2D eigenvalue weighted by molar-refractivity contribution is 7.15. The second-order valence-corrected chi connectivity index (χ2v) is 5.77. The molecular formula is C12H14N4O2S. The summed E-state index contributed by atoms with van der Waals surface area (Å²) < 4.78 is 0. The molecule has 3 rings (SSSR count). The molecular weight excluding hydrogens is 264 g/mol. The molecule has 0 fully saturated rings. The van der Waals surface area contributed by atoms with Crippen molar-refractivity contribution in [3.05, 3.63) is 22.0 Å². The average molecular weight is 278 g/mol. The van der Waals surface area contributed by atoms with Crippen LogP contribution in [0.2, 0.25) is 0 Å². The fourth-order valence-electron chi connectivity index (χ4n) is 2.36. The van der Waals surface area contributed by atoms with Crippen molar-refractivity contribution in [2.45, 2.75) is 32.6 Å². The van der Waals surface area contributed by atoms with Crippen LogP contribution < -0.4 is 5.32 Å². The fourth-order valence-corrected chi connectivity index (χ4v) is 3.41. The van der Waals surface area contributed by atoms with Gasteiger partial charge in [-0.25, -0.2) is 4.98 Å². The predicted octanol–water partition coefficient (Wildman–Crippen LogP) is 2.34. The highest BCUT2D eigenvalue weighted by Gasteiger charge is 2.32. The Labute approximate surface area is 113 Å². The normalized spacial score (nSPS) is 17.5. The maximum atomic E-state index is 11.1. The van der Waals surface area contributed by atoms with E-state index in [9.17, 15) is 4.79 Å². The molecule has 1 atom stereocenters. The maximum absolute atomic E-state index is 11.1. The number of rotatable bonds is 3. The van der Waals surface area contributed by atoms with Gasteiger partial charge in [0.25, 0.3) is 0 Å². The summed E-state index contributed by atoms with van der Waals surface area (Å²) in [6.07, 6.45) is 1.46. The number of aryl methyl sites for hydroxylation is 3. The summed E-state index contributed by atoms with van der Waals surface area (Å²) in [7, 11) is 0. The van der Waals surface area contributed by atoms with Crippen molar-refractivity contribution in [1.82, 2.24) is 15.2 Å². The quantitative estimate of drug-likeness (QED) is 0.801. The zero-order valence-corrected chi connectivity index (χ0v) is 11.5. The molecule has 100 valence electrons. The van der Waals surface area contributed by atoms with Gasteiger partial charge >= 0.3 is 5.97 Å². The van der Waals surface area contributed by atoms with Gasteiger partial charge in [-0.1, -0.05) is 0 Å². The number of thiazole rings is 1.